The van der Waals surface area contributed by atoms with E-state index < -0.39 is 12.0 Å². The van der Waals surface area contributed by atoms with E-state index in [4.69, 9.17) is 5.73 Å². The lowest BCUT2D eigenvalue weighted by Crippen LogP contribution is -2.40. The van der Waals surface area contributed by atoms with Gasteiger partial charge < -0.3 is 16.2 Å². The number of hydrogen-bond acceptors (Lipinski definition) is 3. The van der Waals surface area contributed by atoms with Crippen LogP contribution in [0, 0.1) is 20.8 Å². The van der Waals surface area contributed by atoms with Crippen molar-refractivity contribution in [2.45, 2.75) is 33.3 Å². The van der Waals surface area contributed by atoms with Gasteiger partial charge in [0.25, 0.3) is 0 Å². The van der Waals surface area contributed by atoms with Gasteiger partial charge in [-0.15, -0.1) is 0 Å². The quantitative estimate of drug-likeness (QED) is 0.716. The van der Waals surface area contributed by atoms with Crippen molar-refractivity contribution < 1.29 is 9.90 Å². The molecule has 1 aromatic carbocycles. The third-order valence-electron chi connectivity index (χ3n) is 3.39. The van der Waals surface area contributed by atoms with Gasteiger partial charge in [-0.3, -0.25) is 4.79 Å². The van der Waals surface area contributed by atoms with Crippen molar-refractivity contribution in [2.24, 2.45) is 5.73 Å². The molecule has 100 valence electrons. The van der Waals surface area contributed by atoms with Crippen molar-refractivity contribution >= 4 is 5.91 Å². The fraction of sp³-hybridized carbons (Fsp3) is 0.500. The molecule has 1 aromatic rings. The summed E-state index contributed by atoms with van der Waals surface area (Å²) in [4.78, 5) is 11.3. The topological polar surface area (TPSA) is 75.3 Å². The van der Waals surface area contributed by atoms with Crippen LogP contribution in [0.1, 0.15) is 22.3 Å². The third-order valence-corrected chi connectivity index (χ3v) is 3.39. The second-order valence-corrected chi connectivity index (χ2v) is 4.58. The summed E-state index contributed by atoms with van der Waals surface area (Å²) in [7, 11) is 0. The Morgan fingerprint density at radius 3 is 2.61 bits per heavy atom. The Bertz CT molecular complexity index is 430. The molecule has 0 saturated heterocycles. The molecule has 0 aliphatic rings. The van der Waals surface area contributed by atoms with Crippen LogP contribution in [0.2, 0.25) is 0 Å². The molecule has 4 nitrogen and oxygen atoms in total. The highest BCUT2D eigenvalue weighted by atomic mass is 16.3. The van der Waals surface area contributed by atoms with Gasteiger partial charge >= 0.3 is 0 Å². The predicted molar refractivity (Wildman–Crippen MR) is 72.4 cm³/mol. The Kier molecular flexibility index (Phi) is 5.31. The zero-order chi connectivity index (χ0) is 13.7. The van der Waals surface area contributed by atoms with Gasteiger partial charge in [-0.25, -0.2) is 0 Å². The molecular formula is C14H22N2O2. The number of hydrogen-bond donors (Lipinski definition) is 3. The fourth-order valence-electron chi connectivity index (χ4n) is 1.83. The van der Waals surface area contributed by atoms with Gasteiger partial charge in [0.1, 0.15) is 6.10 Å². The van der Waals surface area contributed by atoms with Gasteiger partial charge in [-0.1, -0.05) is 12.1 Å². The lowest BCUT2D eigenvalue weighted by molar-refractivity contribution is -0.128. The van der Waals surface area contributed by atoms with E-state index in [9.17, 15) is 9.90 Å². The minimum Gasteiger partial charge on any atom is -0.382 e. The highest BCUT2D eigenvalue weighted by Gasteiger charge is 2.11. The second kappa shape index (κ2) is 6.52. The smallest absolute Gasteiger partial charge is 0.250 e. The van der Waals surface area contributed by atoms with Crippen LogP contribution in [0.4, 0.5) is 0 Å². The summed E-state index contributed by atoms with van der Waals surface area (Å²) in [6.07, 6.45) is -0.346. The second-order valence-electron chi connectivity index (χ2n) is 4.58. The van der Waals surface area contributed by atoms with E-state index in [0.717, 1.165) is 6.42 Å². The number of nitrogens with two attached hydrogens (primary N) is 1. The summed E-state index contributed by atoms with van der Waals surface area (Å²) >= 11 is 0. The van der Waals surface area contributed by atoms with E-state index >= 15 is 0 Å². The average Bonchev–Trinajstić information content (AvgIpc) is 2.37. The van der Waals surface area contributed by atoms with Crippen molar-refractivity contribution in [3.8, 4) is 0 Å². The first-order chi connectivity index (χ1) is 8.47. The van der Waals surface area contributed by atoms with Crippen molar-refractivity contribution in [3.05, 3.63) is 34.4 Å². The van der Waals surface area contributed by atoms with Crippen LogP contribution >= 0.6 is 0 Å². The molecule has 0 aliphatic carbocycles. The highest BCUT2D eigenvalue weighted by molar-refractivity contribution is 5.80. The molecule has 1 atom stereocenters. The van der Waals surface area contributed by atoms with Crippen LogP contribution < -0.4 is 11.1 Å². The maximum absolute atomic E-state index is 11.3. The Labute approximate surface area is 108 Å². The molecule has 4 N–H and O–H groups in total. The van der Waals surface area contributed by atoms with Gasteiger partial charge in [-0.2, -0.15) is 0 Å². The van der Waals surface area contributed by atoms with Crippen molar-refractivity contribution in [1.29, 1.82) is 0 Å². The van der Waals surface area contributed by atoms with Crippen molar-refractivity contribution in [3.63, 3.8) is 0 Å². The Morgan fingerprint density at radius 1 is 1.33 bits per heavy atom. The van der Waals surface area contributed by atoms with E-state index in [0.29, 0.717) is 6.54 Å². The average molecular weight is 250 g/mol. The molecule has 4 heteroatoms. The van der Waals surface area contributed by atoms with Gasteiger partial charge in [-0.05, 0) is 49.4 Å². The van der Waals surface area contributed by atoms with E-state index in [1.807, 2.05) is 0 Å². The van der Waals surface area contributed by atoms with Crippen LogP contribution in [-0.2, 0) is 11.2 Å². The normalized spacial score (nSPS) is 12.3. The number of carbonyl (C=O) groups excluding carboxylic acids is 1. The summed E-state index contributed by atoms with van der Waals surface area (Å²) in [5.74, 6) is -0.404. The molecule has 0 saturated carbocycles. The first-order valence-corrected chi connectivity index (χ1v) is 6.19. The number of amides is 1. The summed E-state index contributed by atoms with van der Waals surface area (Å²) in [6, 6.07) is 4.18. The Hall–Kier alpha value is -1.39. The summed E-state index contributed by atoms with van der Waals surface area (Å²) in [5.41, 5.74) is 10.3. The number of rotatable bonds is 5. The molecule has 0 spiro atoms. The molecule has 0 aromatic heterocycles. The largest absolute Gasteiger partial charge is 0.382 e. The Balaban J connectivity index is 2.55. The van der Waals surface area contributed by atoms with Crippen LogP contribution in [0.15, 0.2) is 12.1 Å². The molecule has 0 fully saturated rings. The number of aliphatic hydroxyl groups excluding tert-OH is 1. The number of benzene rings is 1. The molecule has 0 aliphatic heterocycles. The number of aliphatic hydroxyl groups is 1. The summed E-state index contributed by atoms with van der Waals surface area (Å²) < 4.78 is 0. The van der Waals surface area contributed by atoms with Crippen molar-refractivity contribution in [1.82, 2.24) is 5.32 Å². The molecule has 1 rings (SSSR count). The minimum atomic E-state index is -1.11. The maximum Gasteiger partial charge on any atom is 0.250 e. The zero-order valence-corrected chi connectivity index (χ0v) is 11.3. The standard InChI is InChI=1S/C14H22N2O2/c1-9-4-5-12(11(3)10(9)2)6-7-16-14(18)13(17)8-15/h4-5,13,17H,6-8,15H2,1-3H3,(H,16,18). The Morgan fingerprint density at radius 2 is 2.00 bits per heavy atom. The van der Waals surface area contributed by atoms with Crippen LogP contribution in [0.25, 0.3) is 0 Å². The van der Waals surface area contributed by atoms with Gasteiger partial charge in [0.05, 0.1) is 0 Å². The first kappa shape index (κ1) is 14.7. The molecule has 0 radical (unpaired) electrons. The van der Waals surface area contributed by atoms with E-state index in [-0.39, 0.29) is 6.54 Å². The molecule has 1 amide bonds. The monoisotopic (exact) mass is 250 g/mol. The fourth-order valence-corrected chi connectivity index (χ4v) is 1.83. The number of carbonyl (C=O) groups is 1. The summed E-state index contributed by atoms with van der Waals surface area (Å²) in [5, 5.41) is 11.9. The summed E-state index contributed by atoms with van der Waals surface area (Å²) in [6.45, 7) is 6.75. The minimum absolute atomic E-state index is 0.0471. The molecule has 0 bridgehead atoms. The van der Waals surface area contributed by atoms with E-state index in [2.05, 4.69) is 38.2 Å². The van der Waals surface area contributed by atoms with Gasteiger partial charge in [0, 0.05) is 13.1 Å². The SMILES string of the molecule is Cc1ccc(CCNC(=O)C(O)CN)c(C)c1C. The van der Waals surface area contributed by atoms with E-state index in [1.54, 1.807) is 0 Å². The van der Waals surface area contributed by atoms with Crippen LogP contribution in [0.5, 0.6) is 0 Å². The molecular weight excluding hydrogens is 228 g/mol. The van der Waals surface area contributed by atoms with Gasteiger partial charge in [0.15, 0.2) is 0 Å². The molecule has 1 unspecified atom stereocenters. The molecule has 0 heterocycles. The number of aryl methyl sites for hydroxylation is 1. The van der Waals surface area contributed by atoms with Crippen LogP contribution in [0.3, 0.4) is 0 Å². The first-order valence-electron chi connectivity index (χ1n) is 6.19. The van der Waals surface area contributed by atoms with Crippen molar-refractivity contribution in [2.75, 3.05) is 13.1 Å². The number of nitrogens with one attached hydrogen (secondary N) is 1. The van der Waals surface area contributed by atoms with Gasteiger partial charge in [0.2, 0.25) is 5.91 Å². The third kappa shape index (κ3) is 3.55. The lowest BCUT2D eigenvalue weighted by atomic mass is 9.97. The predicted octanol–water partition coefficient (Wildman–Crippen LogP) is 0.590. The lowest BCUT2D eigenvalue weighted by Gasteiger charge is -2.13. The van der Waals surface area contributed by atoms with Crippen LogP contribution in [-0.4, -0.2) is 30.2 Å². The maximum atomic E-state index is 11.3. The zero-order valence-electron chi connectivity index (χ0n) is 11.3. The highest BCUT2D eigenvalue weighted by Crippen LogP contribution is 2.17. The molecule has 18 heavy (non-hydrogen) atoms. The van der Waals surface area contributed by atoms with E-state index in [1.165, 1.54) is 22.3 Å².